The number of rotatable bonds is 3. The molecule has 0 unspecified atom stereocenters. The van der Waals surface area contributed by atoms with E-state index >= 15 is 0 Å². The number of hydrogen-bond acceptors (Lipinski definition) is 1. The molecule has 0 spiro atoms. The fourth-order valence-electron chi connectivity index (χ4n) is 3.62. The summed E-state index contributed by atoms with van der Waals surface area (Å²) in [6.07, 6.45) is 5.95. The lowest BCUT2D eigenvalue weighted by molar-refractivity contribution is 0.194. The Labute approximate surface area is 132 Å². The molecule has 0 atom stereocenters. The van der Waals surface area contributed by atoms with E-state index in [4.69, 9.17) is 16.6 Å². The number of hydrogen-bond donors (Lipinski definition) is 0. The van der Waals surface area contributed by atoms with Gasteiger partial charge in [0.25, 0.3) is 0 Å². The van der Waals surface area contributed by atoms with Crippen molar-refractivity contribution in [3.63, 3.8) is 0 Å². The molecule has 0 radical (unpaired) electrons. The summed E-state index contributed by atoms with van der Waals surface area (Å²) in [5.74, 6) is 1.81. The number of para-hydroxylation sites is 1. The summed E-state index contributed by atoms with van der Waals surface area (Å²) < 4.78 is 2.49. The molecule has 1 aromatic carbocycles. The van der Waals surface area contributed by atoms with Crippen molar-refractivity contribution < 1.29 is 0 Å². The third-order valence-electron chi connectivity index (χ3n) is 4.99. The first-order chi connectivity index (χ1) is 10.0. The van der Waals surface area contributed by atoms with Gasteiger partial charge >= 0.3 is 0 Å². The lowest BCUT2D eigenvalue weighted by Gasteiger charge is -2.35. The first-order valence-electron chi connectivity index (χ1n) is 8.04. The quantitative estimate of drug-likeness (QED) is 0.707. The lowest BCUT2D eigenvalue weighted by Crippen LogP contribution is -2.24. The zero-order valence-corrected chi connectivity index (χ0v) is 14.1. The molecule has 0 amide bonds. The molecule has 3 rings (SSSR count). The molecule has 2 aromatic rings. The molecule has 0 bridgehead atoms. The van der Waals surface area contributed by atoms with Crippen LogP contribution in [0.2, 0.25) is 0 Å². The Hall–Kier alpha value is -1.02. The van der Waals surface area contributed by atoms with Gasteiger partial charge in [0.05, 0.1) is 11.0 Å². The number of aromatic nitrogens is 2. The van der Waals surface area contributed by atoms with Gasteiger partial charge in [0, 0.05) is 18.3 Å². The fraction of sp³-hybridized carbons (Fsp3) is 0.611. The fourth-order valence-corrected chi connectivity index (χ4v) is 3.78. The van der Waals surface area contributed by atoms with E-state index in [-0.39, 0.29) is 0 Å². The molecule has 1 aliphatic rings. The summed E-state index contributed by atoms with van der Waals surface area (Å²) in [6.45, 7) is 6.92. The highest BCUT2D eigenvalue weighted by atomic mass is 35.5. The Bertz CT molecular complexity index is 632. The second kappa shape index (κ2) is 5.64. The number of imidazole rings is 1. The molecule has 0 saturated heterocycles. The van der Waals surface area contributed by atoms with E-state index in [0.29, 0.717) is 17.3 Å². The zero-order valence-electron chi connectivity index (χ0n) is 13.3. The number of alkyl halides is 1. The van der Waals surface area contributed by atoms with Gasteiger partial charge in [0.15, 0.2) is 0 Å². The third-order valence-corrected chi connectivity index (χ3v) is 5.18. The van der Waals surface area contributed by atoms with Crippen molar-refractivity contribution in [2.75, 3.05) is 5.88 Å². The second-order valence-electron chi connectivity index (χ2n) is 7.18. The van der Waals surface area contributed by atoms with Crippen LogP contribution >= 0.6 is 11.6 Å². The number of nitrogens with zero attached hydrogens (tertiary/aromatic N) is 2. The molecule has 0 aliphatic heterocycles. The van der Waals surface area contributed by atoms with Crippen molar-refractivity contribution in [2.45, 2.75) is 58.9 Å². The van der Waals surface area contributed by atoms with Crippen LogP contribution in [0, 0.1) is 12.3 Å². The van der Waals surface area contributed by atoms with Crippen LogP contribution in [-0.2, 0) is 6.42 Å². The molecular weight excluding hydrogens is 280 g/mol. The lowest BCUT2D eigenvalue weighted by atomic mass is 9.75. The third kappa shape index (κ3) is 2.83. The Kier molecular flexibility index (Phi) is 4.00. The molecule has 114 valence electrons. The Balaban J connectivity index is 2.04. The largest absolute Gasteiger partial charge is 0.325 e. The van der Waals surface area contributed by atoms with Gasteiger partial charge in [-0.3, -0.25) is 0 Å². The van der Waals surface area contributed by atoms with Gasteiger partial charge in [-0.25, -0.2) is 4.98 Å². The van der Waals surface area contributed by atoms with Crippen LogP contribution in [-0.4, -0.2) is 15.4 Å². The van der Waals surface area contributed by atoms with Gasteiger partial charge in [0.2, 0.25) is 0 Å². The van der Waals surface area contributed by atoms with Crippen molar-refractivity contribution >= 4 is 22.6 Å². The molecular formula is C18H25ClN2. The normalized spacial score (nSPS) is 19.2. The molecule has 21 heavy (non-hydrogen) atoms. The van der Waals surface area contributed by atoms with Gasteiger partial charge in [0.1, 0.15) is 5.82 Å². The highest BCUT2D eigenvalue weighted by Gasteiger charge is 2.29. The maximum atomic E-state index is 6.01. The predicted molar refractivity (Wildman–Crippen MR) is 90.2 cm³/mol. The van der Waals surface area contributed by atoms with E-state index in [1.54, 1.807) is 0 Å². The molecule has 1 saturated carbocycles. The summed E-state index contributed by atoms with van der Waals surface area (Å²) >= 11 is 6.01. The first kappa shape index (κ1) is 14.9. The van der Waals surface area contributed by atoms with Gasteiger partial charge < -0.3 is 4.57 Å². The number of benzene rings is 1. The average Bonchev–Trinajstić information content (AvgIpc) is 2.79. The van der Waals surface area contributed by atoms with E-state index in [0.717, 1.165) is 11.9 Å². The maximum absolute atomic E-state index is 6.01. The average molecular weight is 305 g/mol. The number of aryl methyl sites for hydroxylation is 2. The van der Waals surface area contributed by atoms with Crippen LogP contribution in [0.3, 0.4) is 0 Å². The minimum Gasteiger partial charge on any atom is -0.325 e. The Morgan fingerprint density at radius 2 is 2.00 bits per heavy atom. The summed E-state index contributed by atoms with van der Waals surface area (Å²) in [6, 6.07) is 7.09. The van der Waals surface area contributed by atoms with E-state index in [1.807, 2.05) is 0 Å². The van der Waals surface area contributed by atoms with Crippen molar-refractivity contribution in [1.82, 2.24) is 9.55 Å². The van der Waals surface area contributed by atoms with E-state index in [9.17, 15) is 0 Å². The number of fused-ring (bicyclic) bond motifs is 1. The van der Waals surface area contributed by atoms with E-state index in [1.165, 1.54) is 42.6 Å². The molecule has 1 fully saturated rings. The molecule has 1 heterocycles. The zero-order chi connectivity index (χ0) is 15.0. The summed E-state index contributed by atoms with van der Waals surface area (Å²) in [4.78, 5) is 4.89. The Morgan fingerprint density at radius 3 is 2.67 bits per heavy atom. The molecule has 1 aliphatic carbocycles. The standard InChI is InChI=1S/C18H25ClN2/c1-13-5-4-6-15-17(13)20-16(9-12-19)21(15)14-7-10-18(2,3)11-8-14/h4-6,14H,7-12H2,1-3H3. The smallest absolute Gasteiger partial charge is 0.111 e. The molecule has 0 N–H and O–H groups in total. The van der Waals surface area contributed by atoms with Crippen LogP contribution in [0.5, 0.6) is 0 Å². The van der Waals surface area contributed by atoms with Crippen LogP contribution in [0.15, 0.2) is 18.2 Å². The summed E-state index contributed by atoms with van der Waals surface area (Å²) in [7, 11) is 0. The topological polar surface area (TPSA) is 17.8 Å². The van der Waals surface area contributed by atoms with E-state index in [2.05, 4.69) is 43.5 Å². The number of halogens is 1. The van der Waals surface area contributed by atoms with Crippen molar-refractivity contribution in [3.05, 3.63) is 29.6 Å². The molecule has 1 aromatic heterocycles. The van der Waals surface area contributed by atoms with Crippen molar-refractivity contribution in [3.8, 4) is 0 Å². The van der Waals surface area contributed by atoms with Gasteiger partial charge in [-0.2, -0.15) is 0 Å². The predicted octanol–water partition coefficient (Wildman–Crippen LogP) is 5.27. The highest BCUT2D eigenvalue weighted by Crippen LogP contribution is 2.41. The first-order valence-corrected chi connectivity index (χ1v) is 8.58. The van der Waals surface area contributed by atoms with Crippen LogP contribution < -0.4 is 0 Å². The second-order valence-corrected chi connectivity index (χ2v) is 7.55. The van der Waals surface area contributed by atoms with Gasteiger partial charge in [-0.05, 0) is 49.7 Å². The minimum absolute atomic E-state index is 0.495. The van der Waals surface area contributed by atoms with Crippen molar-refractivity contribution in [1.29, 1.82) is 0 Å². The minimum atomic E-state index is 0.495. The summed E-state index contributed by atoms with van der Waals surface area (Å²) in [5.41, 5.74) is 4.20. The monoisotopic (exact) mass is 304 g/mol. The molecule has 2 nitrogen and oxygen atoms in total. The SMILES string of the molecule is Cc1cccc2c1nc(CCCl)n2C1CCC(C)(C)CC1. The van der Waals surface area contributed by atoms with Crippen LogP contribution in [0.4, 0.5) is 0 Å². The Morgan fingerprint density at radius 1 is 1.29 bits per heavy atom. The highest BCUT2D eigenvalue weighted by molar-refractivity contribution is 6.17. The maximum Gasteiger partial charge on any atom is 0.111 e. The van der Waals surface area contributed by atoms with Crippen LogP contribution in [0.25, 0.3) is 11.0 Å². The summed E-state index contributed by atoms with van der Waals surface area (Å²) in [5, 5.41) is 0. The van der Waals surface area contributed by atoms with Gasteiger partial charge in [-0.1, -0.05) is 26.0 Å². The van der Waals surface area contributed by atoms with Crippen molar-refractivity contribution in [2.24, 2.45) is 5.41 Å². The van der Waals surface area contributed by atoms with Crippen LogP contribution in [0.1, 0.15) is 57.0 Å². The molecule has 3 heteroatoms. The van der Waals surface area contributed by atoms with Gasteiger partial charge in [-0.15, -0.1) is 11.6 Å². The van der Waals surface area contributed by atoms with E-state index < -0.39 is 0 Å².